The average molecular weight is 234 g/mol. The molecule has 0 saturated carbocycles. The minimum absolute atomic E-state index is 0.00771. The van der Waals surface area contributed by atoms with E-state index >= 15 is 0 Å². The minimum atomic E-state index is -4.36. The summed E-state index contributed by atoms with van der Waals surface area (Å²) in [6, 6.07) is 2.75. The van der Waals surface area contributed by atoms with Crippen molar-refractivity contribution in [1.29, 1.82) is 0 Å². The van der Waals surface area contributed by atoms with E-state index in [2.05, 4.69) is 15.0 Å². The van der Waals surface area contributed by atoms with Gasteiger partial charge in [0, 0.05) is 6.20 Å². The fourth-order valence-corrected chi connectivity index (χ4v) is 1.00. The maximum atomic E-state index is 12.0. The Morgan fingerprint density at radius 2 is 2.25 bits per heavy atom. The van der Waals surface area contributed by atoms with Crippen LogP contribution >= 0.6 is 0 Å². The second-order valence-corrected chi connectivity index (χ2v) is 2.86. The van der Waals surface area contributed by atoms with Crippen molar-refractivity contribution in [3.05, 3.63) is 24.0 Å². The predicted octanol–water partition coefficient (Wildman–Crippen LogP) is 1.84. The van der Waals surface area contributed by atoms with Gasteiger partial charge in [-0.15, -0.1) is 0 Å². The molecule has 0 aliphatic carbocycles. The zero-order chi connectivity index (χ0) is 12.2. The summed E-state index contributed by atoms with van der Waals surface area (Å²) in [5, 5.41) is 2.08. The highest BCUT2D eigenvalue weighted by atomic mass is 19.4. The predicted molar refractivity (Wildman–Crippen MR) is 50.1 cm³/mol. The molecule has 1 rings (SSSR count). The number of hydrogen-bond acceptors (Lipinski definition) is 4. The van der Waals surface area contributed by atoms with Crippen LogP contribution in [0.25, 0.3) is 0 Å². The lowest BCUT2D eigenvalue weighted by molar-refractivity contribution is -0.115. The first kappa shape index (κ1) is 12.3. The molecule has 0 radical (unpaired) electrons. The van der Waals surface area contributed by atoms with E-state index in [1.807, 2.05) is 0 Å². The van der Waals surface area contributed by atoms with E-state index < -0.39 is 18.7 Å². The number of pyridine rings is 1. The molecule has 16 heavy (non-hydrogen) atoms. The number of rotatable bonds is 3. The fourth-order valence-electron chi connectivity index (χ4n) is 1.00. The van der Waals surface area contributed by atoms with Crippen molar-refractivity contribution in [1.82, 2.24) is 4.98 Å². The van der Waals surface area contributed by atoms with Crippen LogP contribution in [0, 0.1) is 0 Å². The van der Waals surface area contributed by atoms with Crippen LogP contribution in [0.3, 0.4) is 0 Å². The van der Waals surface area contributed by atoms with Crippen molar-refractivity contribution >= 4 is 11.7 Å². The molecule has 0 amide bonds. The SMILES string of the molecule is COC(=O)c1ncccc1NCC(F)(F)F. The number of aromatic nitrogens is 1. The molecule has 4 nitrogen and oxygen atoms in total. The van der Waals surface area contributed by atoms with Gasteiger partial charge >= 0.3 is 12.1 Å². The number of nitrogens with one attached hydrogen (secondary N) is 1. The molecule has 1 aromatic rings. The standard InChI is InChI=1S/C9H9F3N2O2/c1-16-8(15)7-6(3-2-4-13-7)14-5-9(10,11)12/h2-4,14H,5H2,1H3. The molecule has 0 bridgehead atoms. The summed E-state index contributed by atoms with van der Waals surface area (Å²) in [7, 11) is 1.13. The third-order valence-electron chi connectivity index (χ3n) is 1.67. The Balaban J connectivity index is 2.83. The van der Waals surface area contributed by atoms with E-state index in [9.17, 15) is 18.0 Å². The molecule has 88 valence electrons. The molecule has 1 heterocycles. The molecule has 0 fully saturated rings. The zero-order valence-corrected chi connectivity index (χ0v) is 8.34. The number of anilines is 1. The molecule has 1 N–H and O–H groups in total. The van der Waals surface area contributed by atoms with Crippen LogP contribution in [-0.2, 0) is 4.74 Å². The van der Waals surface area contributed by atoms with E-state index in [0.717, 1.165) is 7.11 Å². The van der Waals surface area contributed by atoms with Crippen LogP contribution in [0.5, 0.6) is 0 Å². The maximum Gasteiger partial charge on any atom is 0.405 e. The van der Waals surface area contributed by atoms with Crippen LogP contribution < -0.4 is 5.32 Å². The van der Waals surface area contributed by atoms with Crippen molar-refractivity contribution in [2.45, 2.75) is 6.18 Å². The van der Waals surface area contributed by atoms with E-state index in [1.165, 1.54) is 18.3 Å². The highest BCUT2D eigenvalue weighted by Gasteiger charge is 2.27. The van der Waals surface area contributed by atoms with Gasteiger partial charge in [-0.1, -0.05) is 0 Å². The number of ether oxygens (including phenoxy) is 1. The van der Waals surface area contributed by atoms with Crippen LogP contribution in [0.2, 0.25) is 0 Å². The third-order valence-corrected chi connectivity index (χ3v) is 1.67. The Labute approximate surface area is 89.4 Å². The number of halogens is 3. The lowest BCUT2D eigenvalue weighted by Gasteiger charge is -2.11. The Kier molecular flexibility index (Phi) is 3.70. The topological polar surface area (TPSA) is 51.2 Å². The summed E-state index contributed by atoms with van der Waals surface area (Å²) >= 11 is 0. The first-order chi connectivity index (χ1) is 7.44. The summed E-state index contributed by atoms with van der Waals surface area (Å²) in [6.07, 6.45) is -3.06. The molecule has 0 aliphatic heterocycles. The molecule has 0 aromatic carbocycles. The third kappa shape index (κ3) is 3.41. The van der Waals surface area contributed by atoms with E-state index in [-0.39, 0.29) is 11.4 Å². The van der Waals surface area contributed by atoms with Crippen molar-refractivity contribution in [3.63, 3.8) is 0 Å². The summed E-state index contributed by atoms with van der Waals surface area (Å²) in [5.74, 6) is -0.787. The Morgan fingerprint density at radius 3 is 2.81 bits per heavy atom. The first-order valence-corrected chi connectivity index (χ1v) is 4.28. The fraction of sp³-hybridized carbons (Fsp3) is 0.333. The van der Waals surface area contributed by atoms with Gasteiger partial charge in [0.05, 0.1) is 12.8 Å². The highest BCUT2D eigenvalue weighted by Crippen LogP contribution is 2.18. The summed E-state index contributed by atoms with van der Waals surface area (Å²) in [6.45, 7) is -1.23. The lowest BCUT2D eigenvalue weighted by atomic mass is 10.3. The highest BCUT2D eigenvalue weighted by molar-refractivity contribution is 5.93. The molecule has 1 aromatic heterocycles. The number of nitrogens with zero attached hydrogens (tertiary/aromatic N) is 1. The van der Waals surface area contributed by atoms with Gasteiger partial charge < -0.3 is 10.1 Å². The molecule has 0 spiro atoms. The molecular weight excluding hydrogens is 225 g/mol. The van der Waals surface area contributed by atoms with Crippen molar-refractivity contribution in [2.75, 3.05) is 19.0 Å². The zero-order valence-electron chi connectivity index (χ0n) is 8.34. The molecular formula is C9H9F3N2O2. The number of esters is 1. The van der Waals surface area contributed by atoms with Gasteiger partial charge in [-0.25, -0.2) is 9.78 Å². The quantitative estimate of drug-likeness (QED) is 0.811. The number of hydrogen-bond donors (Lipinski definition) is 1. The van der Waals surface area contributed by atoms with Crippen molar-refractivity contribution in [3.8, 4) is 0 Å². The largest absolute Gasteiger partial charge is 0.464 e. The van der Waals surface area contributed by atoms with Crippen LogP contribution in [0.4, 0.5) is 18.9 Å². The van der Waals surface area contributed by atoms with Gasteiger partial charge in [0.1, 0.15) is 6.54 Å². The van der Waals surface area contributed by atoms with E-state index in [4.69, 9.17) is 0 Å². The van der Waals surface area contributed by atoms with Gasteiger partial charge in [0.25, 0.3) is 0 Å². The van der Waals surface area contributed by atoms with Crippen LogP contribution in [-0.4, -0.2) is 30.8 Å². The van der Waals surface area contributed by atoms with E-state index in [0.29, 0.717) is 0 Å². The maximum absolute atomic E-state index is 12.0. The normalized spacial score (nSPS) is 11.0. The number of carbonyl (C=O) groups is 1. The Hall–Kier alpha value is -1.79. The van der Waals surface area contributed by atoms with Crippen LogP contribution in [0.1, 0.15) is 10.5 Å². The summed E-state index contributed by atoms with van der Waals surface area (Å²) < 4.78 is 40.3. The molecule has 0 atom stereocenters. The second kappa shape index (κ2) is 4.82. The van der Waals surface area contributed by atoms with Gasteiger partial charge in [0.15, 0.2) is 5.69 Å². The van der Waals surface area contributed by atoms with E-state index in [1.54, 1.807) is 0 Å². The van der Waals surface area contributed by atoms with Gasteiger partial charge in [-0.2, -0.15) is 13.2 Å². The van der Waals surface area contributed by atoms with Crippen molar-refractivity contribution < 1.29 is 22.7 Å². The lowest BCUT2D eigenvalue weighted by Crippen LogP contribution is -2.22. The summed E-state index contributed by atoms with van der Waals surface area (Å²) in [5.41, 5.74) is -0.180. The number of carbonyl (C=O) groups excluding carboxylic acids is 1. The molecule has 7 heteroatoms. The summed E-state index contributed by atoms with van der Waals surface area (Å²) in [4.78, 5) is 14.8. The number of alkyl halides is 3. The monoisotopic (exact) mass is 234 g/mol. The minimum Gasteiger partial charge on any atom is -0.464 e. The second-order valence-electron chi connectivity index (χ2n) is 2.86. The number of methoxy groups -OCH3 is 1. The Morgan fingerprint density at radius 1 is 1.56 bits per heavy atom. The first-order valence-electron chi connectivity index (χ1n) is 4.28. The Bertz CT molecular complexity index is 379. The molecule has 0 unspecified atom stereocenters. The smallest absolute Gasteiger partial charge is 0.405 e. The van der Waals surface area contributed by atoms with Crippen LogP contribution in [0.15, 0.2) is 18.3 Å². The van der Waals surface area contributed by atoms with Gasteiger partial charge in [-0.3, -0.25) is 0 Å². The molecule has 0 saturated heterocycles. The average Bonchev–Trinajstić information content (AvgIpc) is 2.25. The van der Waals surface area contributed by atoms with Crippen molar-refractivity contribution in [2.24, 2.45) is 0 Å². The van der Waals surface area contributed by atoms with Gasteiger partial charge in [-0.05, 0) is 12.1 Å². The van der Waals surface area contributed by atoms with Gasteiger partial charge in [0.2, 0.25) is 0 Å². The molecule has 0 aliphatic rings.